The Morgan fingerprint density at radius 3 is 1.50 bits per heavy atom. The van der Waals surface area contributed by atoms with Gasteiger partial charge < -0.3 is 0 Å². The van der Waals surface area contributed by atoms with Crippen molar-refractivity contribution in [1.82, 2.24) is 0 Å². The minimum absolute atomic E-state index is 0.139. The molecule has 9 aromatic carbocycles. The van der Waals surface area contributed by atoms with Crippen LogP contribution in [0.1, 0.15) is 59.9 Å². The van der Waals surface area contributed by atoms with Crippen molar-refractivity contribution in [2.75, 3.05) is 0 Å². The number of benzene rings is 9. The zero-order valence-electron chi connectivity index (χ0n) is 32.7. The quantitative estimate of drug-likeness (QED) is 0.118. The summed E-state index contributed by atoms with van der Waals surface area (Å²) < 4.78 is 0. The lowest BCUT2D eigenvalue weighted by Crippen LogP contribution is -2.28. The molecule has 0 atom stereocenters. The van der Waals surface area contributed by atoms with Crippen LogP contribution in [0.3, 0.4) is 0 Å². The SMILES string of the molecule is C(=C(c1ccccc1)c1ccccc1)c1ccc(-c2c3ccccc3c(-c3cccc(-c4ccc5c(c4)C4(CCCCC4)c4ccccc4-5)c3)c3ccccc23)cc1. The molecule has 0 heteroatoms. The first-order chi connectivity index (χ1) is 28.7. The molecule has 276 valence electrons. The lowest BCUT2D eigenvalue weighted by atomic mass is 9.67. The fourth-order valence-corrected chi connectivity index (χ4v) is 10.4. The molecule has 1 fully saturated rings. The summed E-state index contributed by atoms with van der Waals surface area (Å²) in [4.78, 5) is 0. The Kier molecular flexibility index (Phi) is 8.51. The molecule has 9 aromatic rings. The molecule has 0 aromatic heterocycles. The van der Waals surface area contributed by atoms with Crippen LogP contribution in [0, 0.1) is 0 Å². The maximum atomic E-state index is 2.54. The molecule has 11 rings (SSSR count). The topological polar surface area (TPSA) is 0 Å². The molecular formula is C58H44. The van der Waals surface area contributed by atoms with E-state index in [0.717, 1.165) is 0 Å². The van der Waals surface area contributed by atoms with Gasteiger partial charge in [0.1, 0.15) is 0 Å². The Labute approximate surface area is 341 Å². The summed E-state index contributed by atoms with van der Waals surface area (Å²) in [5.74, 6) is 0. The van der Waals surface area contributed by atoms with E-state index in [-0.39, 0.29) is 5.41 Å². The highest BCUT2D eigenvalue weighted by Gasteiger charge is 2.43. The number of hydrogen-bond donors (Lipinski definition) is 0. The zero-order valence-corrected chi connectivity index (χ0v) is 32.7. The Hall–Kier alpha value is -6.76. The molecule has 58 heavy (non-hydrogen) atoms. The minimum atomic E-state index is 0.139. The van der Waals surface area contributed by atoms with Gasteiger partial charge in [0.2, 0.25) is 0 Å². The molecular weight excluding hydrogens is 697 g/mol. The summed E-state index contributed by atoms with van der Waals surface area (Å²) in [6.45, 7) is 0. The standard InChI is InChI=1S/C58H44/c1-4-17-41(18-5-1)53(42-19-6-2-7-20-42)37-40-29-31-43(32-30-40)56-49-24-8-10-26-51(49)57(52-27-11-9-25-50(52)56)46-22-16-21-44(38-46)45-33-34-48-47-23-12-13-28-54(47)58(55(48)39-45)35-14-3-15-36-58/h1-2,4-13,16-34,37-39H,3,14-15,35-36H2. The molecule has 0 nitrogen and oxygen atoms in total. The van der Waals surface area contributed by atoms with Crippen molar-refractivity contribution in [3.05, 3.63) is 228 Å². The molecule has 0 N–H and O–H groups in total. The van der Waals surface area contributed by atoms with Gasteiger partial charge >= 0.3 is 0 Å². The van der Waals surface area contributed by atoms with Gasteiger partial charge in [-0.1, -0.05) is 207 Å². The highest BCUT2D eigenvalue weighted by atomic mass is 14.5. The summed E-state index contributed by atoms with van der Waals surface area (Å²) in [5.41, 5.74) is 18.5. The maximum Gasteiger partial charge on any atom is 0.0215 e. The van der Waals surface area contributed by atoms with Crippen LogP contribution in [-0.2, 0) is 5.41 Å². The monoisotopic (exact) mass is 740 g/mol. The van der Waals surface area contributed by atoms with E-state index in [1.807, 2.05) is 0 Å². The van der Waals surface area contributed by atoms with Gasteiger partial charge in [0.05, 0.1) is 0 Å². The molecule has 0 radical (unpaired) electrons. The van der Waals surface area contributed by atoms with E-state index in [1.165, 1.54) is 126 Å². The second kappa shape index (κ2) is 14.3. The van der Waals surface area contributed by atoms with Gasteiger partial charge in [-0.2, -0.15) is 0 Å². The van der Waals surface area contributed by atoms with Gasteiger partial charge in [-0.15, -0.1) is 0 Å². The predicted octanol–water partition coefficient (Wildman–Crippen LogP) is 15.8. The third-order valence-electron chi connectivity index (χ3n) is 13.1. The van der Waals surface area contributed by atoms with Crippen LogP contribution in [0.4, 0.5) is 0 Å². The van der Waals surface area contributed by atoms with Crippen LogP contribution in [0.2, 0.25) is 0 Å². The molecule has 0 aliphatic heterocycles. The van der Waals surface area contributed by atoms with E-state index in [4.69, 9.17) is 0 Å². The Morgan fingerprint density at radius 2 is 0.862 bits per heavy atom. The third-order valence-corrected chi connectivity index (χ3v) is 13.1. The molecule has 0 unspecified atom stereocenters. The van der Waals surface area contributed by atoms with Gasteiger partial charge in [-0.3, -0.25) is 0 Å². The fraction of sp³-hybridized carbons (Fsp3) is 0.103. The molecule has 0 amide bonds. The van der Waals surface area contributed by atoms with Crippen LogP contribution < -0.4 is 0 Å². The molecule has 2 aliphatic carbocycles. The Balaban J connectivity index is 1.02. The number of hydrogen-bond acceptors (Lipinski definition) is 0. The summed E-state index contributed by atoms with van der Waals surface area (Å²) >= 11 is 0. The molecule has 0 heterocycles. The lowest BCUT2D eigenvalue weighted by Gasteiger charge is -2.36. The second-order valence-corrected chi connectivity index (χ2v) is 16.3. The Morgan fingerprint density at radius 1 is 0.362 bits per heavy atom. The average molecular weight is 741 g/mol. The average Bonchev–Trinajstić information content (AvgIpc) is 3.56. The van der Waals surface area contributed by atoms with E-state index < -0.39 is 0 Å². The molecule has 1 spiro atoms. The van der Waals surface area contributed by atoms with Gasteiger partial charge in [-0.25, -0.2) is 0 Å². The van der Waals surface area contributed by atoms with Crippen molar-refractivity contribution in [2.24, 2.45) is 0 Å². The van der Waals surface area contributed by atoms with E-state index >= 15 is 0 Å². The van der Waals surface area contributed by atoms with E-state index in [0.29, 0.717) is 0 Å². The van der Waals surface area contributed by atoms with Crippen molar-refractivity contribution in [2.45, 2.75) is 37.5 Å². The van der Waals surface area contributed by atoms with Crippen LogP contribution >= 0.6 is 0 Å². The molecule has 2 aliphatic rings. The summed E-state index contributed by atoms with van der Waals surface area (Å²) in [5, 5.41) is 5.10. The van der Waals surface area contributed by atoms with Crippen LogP contribution in [0.5, 0.6) is 0 Å². The molecule has 0 saturated heterocycles. The van der Waals surface area contributed by atoms with Gasteiger partial charge in [0.25, 0.3) is 0 Å². The normalized spacial score (nSPS) is 14.0. The number of rotatable bonds is 6. The Bertz CT molecular complexity index is 2900. The van der Waals surface area contributed by atoms with E-state index in [1.54, 1.807) is 5.56 Å². The first-order valence-electron chi connectivity index (χ1n) is 21.0. The summed E-state index contributed by atoms with van der Waals surface area (Å²) in [6, 6.07) is 74.4. The smallest absolute Gasteiger partial charge is 0.0215 e. The third kappa shape index (κ3) is 5.74. The van der Waals surface area contributed by atoms with Crippen molar-refractivity contribution in [3.63, 3.8) is 0 Å². The second-order valence-electron chi connectivity index (χ2n) is 16.3. The highest BCUT2D eigenvalue weighted by molar-refractivity contribution is 6.21. The molecule has 1 saturated carbocycles. The van der Waals surface area contributed by atoms with Crippen molar-refractivity contribution in [3.8, 4) is 44.5 Å². The summed E-state index contributed by atoms with van der Waals surface area (Å²) in [6.07, 6.45) is 8.74. The van der Waals surface area contributed by atoms with Crippen molar-refractivity contribution >= 4 is 33.2 Å². The van der Waals surface area contributed by atoms with Gasteiger partial charge in [0.15, 0.2) is 0 Å². The first-order valence-corrected chi connectivity index (χ1v) is 21.0. The highest BCUT2D eigenvalue weighted by Crippen LogP contribution is 2.56. The predicted molar refractivity (Wildman–Crippen MR) is 247 cm³/mol. The van der Waals surface area contributed by atoms with E-state index in [2.05, 4.69) is 206 Å². The minimum Gasteiger partial charge on any atom is -0.0622 e. The van der Waals surface area contributed by atoms with Gasteiger partial charge in [0, 0.05) is 5.41 Å². The van der Waals surface area contributed by atoms with Crippen LogP contribution in [-0.4, -0.2) is 0 Å². The van der Waals surface area contributed by atoms with Crippen molar-refractivity contribution < 1.29 is 0 Å². The maximum absolute atomic E-state index is 2.54. The lowest BCUT2D eigenvalue weighted by molar-refractivity contribution is 0.353. The van der Waals surface area contributed by atoms with E-state index in [9.17, 15) is 0 Å². The first kappa shape index (κ1) is 34.5. The summed E-state index contributed by atoms with van der Waals surface area (Å²) in [7, 11) is 0. The van der Waals surface area contributed by atoms with Gasteiger partial charge in [-0.05, 0) is 130 Å². The van der Waals surface area contributed by atoms with Crippen LogP contribution in [0.25, 0.3) is 77.7 Å². The van der Waals surface area contributed by atoms with Crippen LogP contribution in [0.15, 0.2) is 200 Å². The molecule has 0 bridgehead atoms. The number of fused-ring (bicyclic) bond motifs is 7. The largest absolute Gasteiger partial charge is 0.0622 e. The zero-order chi connectivity index (χ0) is 38.5. The fourth-order valence-electron chi connectivity index (χ4n) is 10.4. The van der Waals surface area contributed by atoms with Crippen molar-refractivity contribution in [1.29, 1.82) is 0 Å².